The van der Waals surface area contributed by atoms with Gasteiger partial charge in [-0.2, -0.15) is 0 Å². The summed E-state index contributed by atoms with van der Waals surface area (Å²) in [4.78, 5) is 0. The lowest BCUT2D eigenvalue weighted by molar-refractivity contribution is 0.0385. The fourth-order valence-corrected chi connectivity index (χ4v) is 1.99. The van der Waals surface area contributed by atoms with Gasteiger partial charge in [-0.3, -0.25) is 0 Å². The van der Waals surface area contributed by atoms with Crippen LogP contribution in [0.5, 0.6) is 0 Å². The summed E-state index contributed by atoms with van der Waals surface area (Å²) in [6.07, 6.45) is 5.10. The van der Waals surface area contributed by atoms with Gasteiger partial charge in [-0.25, -0.2) is 0 Å². The van der Waals surface area contributed by atoms with E-state index in [1.54, 1.807) is 0 Å². The SMILES string of the molecule is C=C(Cl)COC1CCC(NCC)CC1. The molecule has 14 heavy (non-hydrogen) atoms. The summed E-state index contributed by atoms with van der Waals surface area (Å²) in [5.74, 6) is 0. The molecule has 1 aliphatic carbocycles. The molecule has 1 N–H and O–H groups in total. The highest BCUT2D eigenvalue weighted by Gasteiger charge is 2.20. The van der Waals surface area contributed by atoms with Crippen molar-refractivity contribution in [2.24, 2.45) is 0 Å². The van der Waals surface area contributed by atoms with Crippen LogP contribution in [0.15, 0.2) is 11.6 Å². The van der Waals surface area contributed by atoms with E-state index >= 15 is 0 Å². The average molecular weight is 218 g/mol. The molecule has 0 saturated heterocycles. The summed E-state index contributed by atoms with van der Waals surface area (Å²) in [6.45, 7) is 7.33. The van der Waals surface area contributed by atoms with E-state index in [9.17, 15) is 0 Å². The Morgan fingerprint density at radius 3 is 2.57 bits per heavy atom. The zero-order valence-electron chi connectivity index (χ0n) is 8.89. The molecule has 1 saturated carbocycles. The molecule has 0 aromatic rings. The second-order valence-electron chi connectivity index (χ2n) is 3.86. The molecule has 3 heteroatoms. The van der Waals surface area contributed by atoms with Crippen molar-refractivity contribution in [1.29, 1.82) is 0 Å². The highest BCUT2D eigenvalue weighted by molar-refractivity contribution is 6.29. The first kappa shape index (κ1) is 12.0. The predicted octanol–water partition coefficient (Wildman–Crippen LogP) is 2.68. The van der Waals surface area contributed by atoms with E-state index in [2.05, 4.69) is 18.8 Å². The molecular weight excluding hydrogens is 198 g/mol. The summed E-state index contributed by atoms with van der Waals surface area (Å²) in [7, 11) is 0. The molecule has 0 aromatic heterocycles. The monoisotopic (exact) mass is 217 g/mol. The molecule has 0 bridgehead atoms. The minimum absolute atomic E-state index is 0.389. The fraction of sp³-hybridized carbons (Fsp3) is 0.818. The quantitative estimate of drug-likeness (QED) is 0.765. The van der Waals surface area contributed by atoms with Gasteiger partial charge in [-0.05, 0) is 32.2 Å². The zero-order chi connectivity index (χ0) is 10.4. The third-order valence-electron chi connectivity index (χ3n) is 2.64. The van der Waals surface area contributed by atoms with E-state index in [4.69, 9.17) is 16.3 Å². The molecule has 0 aromatic carbocycles. The molecule has 0 unspecified atom stereocenters. The van der Waals surface area contributed by atoms with Crippen molar-refractivity contribution in [1.82, 2.24) is 5.32 Å². The van der Waals surface area contributed by atoms with Crippen LogP contribution in [0, 0.1) is 0 Å². The first-order valence-electron chi connectivity index (χ1n) is 5.40. The second-order valence-corrected chi connectivity index (χ2v) is 4.39. The maximum Gasteiger partial charge on any atom is 0.0820 e. The van der Waals surface area contributed by atoms with Crippen LogP contribution in [-0.4, -0.2) is 25.3 Å². The normalized spacial score (nSPS) is 27.6. The van der Waals surface area contributed by atoms with E-state index in [-0.39, 0.29) is 0 Å². The Balaban J connectivity index is 2.12. The van der Waals surface area contributed by atoms with Crippen LogP contribution in [0.3, 0.4) is 0 Å². The van der Waals surface area contributed by atoms with Gasteiger partial charge < -0.3 is 10.1 Å². The standard InChI is InChI=1S/C11H20ClNO/c1-3-13-10-4-6-11(7-5-10)14-8-9(2)12/h10-11,13H,2-8H2,1H3. The number of hydrogen-bond acceptors (Lipinski definition) is 2. The zero-order valence-corrected chi connectivity index (χ0v) is 9.65. The van der Waals surface area contributed by atoms with Crippen LogP contribution in [0.1, 0.15) is 32.6 Å². The van der Waals surface area contributed by atoms with E-state index in [1.807, 2.05) is 0 Å². The molecule has 0 spiro atoms. The van der Waals surface area contributed by atoms with Crippen molar-refractivity contribution in [3.63, 3.8) is 0 Å². The molecule has 0 heterocycles. The Morgan fingerprint density at radius 2 is 2.07 bits per heavy atom. The number of rotatable bonds is 5. The molecule has 0 amide bonds. The molecule has 0 aliphatic heterocycles. The van der Waals surface area contributed by atoms with Crippen LogP contribution in [0.2, 0.25) is 0 Å². The van der Waals surface area contributed by atoms with E-state index < -0.39 is 0 Å². The van der Waals surface area contributed by atoms with Gasteiger partial charge in [0.1, 0.15) is 0 Å². The van der Waals surface area contributed by atoms with Crippen molar-refractivity contribution >= 4 is 11.6 Å². The largest absolute Gasteiger partial charge is 0.373 e. The van der Waals surface area contributed by atoms with Crippen LogP contribution in [-0.2, 0) is 4.74 Å². The summed E-state index contributed by atoms with van der Waals surface area (Å²) < 4.78 is 5.61. The van der Waals surface area contributed by atoms with Crippen LogP contribution in [0.4, 0.5) is 0 Å². The molecule has 2 nitrogen and oxygen atoms in total. The maximum absolute atomic E-state index is 5.64. The first-order chi connectivity index (χ1) is 6.72. The van der Waals surface area contributed by atoms with E-state index in [0.29, 0.717) is 23.8 Å². The second kappa shape index (κ2) is 6.44. The lowest BCUT2D eigenvalue weighted by Gasteiger charge is -2.28. The van der Waals surface area contributed by atoms with Gasteiger partial charge in [0.25, 0.3) is 0 Å². The molecule has 82 valence electrons. The third kappa shape index (κ3) is 4.45. The molecule has 1 rings (SSSR count). The summed E-state index contributed by atoms with van der Waals surface area (Å²) in [5.41, 5.74) is 0. The van der Waals surface area contributed by atoms with Gasteiger partial charge in [0, 0.05) is 11.1 Å². The molecule has 1 fully saturated rings. The number of hydrogen-bond donors (Lipinski definition) is 1. The predicted molar refractivity (Wildman–Crippen MR) is 60.7 cm³/mol. The summed E-state index contributed by atoms with van der Waals surface area (Å²) in [5, 5.41) is 4.07. The lowest BCUT2D eigenvalue weighted by Crippen LogP contribution is -2.35. The Kier molecular flexibility index (Phi) is 5.53. The van der Waals surface area contributed by atoms with Crippen molar-refractivity contribution in [2.75, 3.05) is 13.2 Å². The Bertz CT molecular complexity index is 176. The first-order valence-corrected chi connectivity index (χ1v) is 5.78. The molecule has 0 radical (unpaired) electrons. The van der Waals surface area contributed by atoms with Crippen molar-refractivity contribution in [3.05, 3.63) is 11.6 Å². The number of halogens is 1. The third-order valence-corrected chi connectivity index (χ3v) is 2.75. The van der Waals surface area contributed by atoms with Crippen molar-refractivity contribution < 1.29 is 4.74 Å². The summed E-state index contributed by atoms with van der Waals surface area (Å²) >= 11 is 5.64. The van der Waals surface area contributed by atoms with Gasteiger partial charge in [-0.15, -0.1) is 0 Å². The Hall–Kier alpha value is -0.0500. The fourth-order valence-electron chi connectivity index (χ4n) is 1.93. The highest BCUT2D eigenvalue weighted by atomic mass is 35.5. The number of ether oxygens (including phenoxy) is 1. The van der Waals surface area contributed by atoms with E-state index in [1.165, 1.54) is 12.8 Å². The van der Waals surface area contributed by atoms with Gasteiger partial charge >= 0.3 is 0 Å². The molecule has 0 atom stereocenters. The van der Waals surface area contributed by atoms with E-state index in [0.717, 1.165) is 19.4 Å². The highest BCUT2D eigenvalue weighted by Crippen LogP contribution is 2.21. The average Bonchev–Trinajstić information content (AvgIpc) is 2.17. The van der Waals surface area contributed by atoms with Crippen molar-refractivity contribution in [2.45, 2.75) is 44.8 Å². The Labute approximate surface area is 91.7 Å². The minimum atomic E-state index is 0.389. The minimum Gasteiger partial charge on any atom is -0.373 e. The van der Waals surface area contributed by atoms with Crippen LogP contribution >= 0.6 is 11.6 Å². The molecule has 1 aliphatic rings. The Morgan fingerprint density at radius 1 is 1.43 bits per heavy atom. The lowest BCUT2D eigenvalue weighted by atomic mass is 9.93. The summed E-state index contributed by atoms with van der Waals surface area (Å²) in [6, 6.07) is 0.694. The van der Waals surface area contributed by atoms with Gasteiger partial charge in [0.15, 0.2) is 0 Å². The smallest absolute Gasteiger partial charge is 0.0820 e. The van der Waals surface area contributed by atoms with Gasteiger partial charge in [0.05, 0.1) is 12.7 Å². The van der Waals surface area contributed by atoms with Crippen molar-refractivity contribution in [3.8, 4) is 0 Å². The van der Waals surface area contributed by atoms with Crippen LogP contribution < -0.4 is 5.32 Å². The van der Waals surface area contributed by atoms with Crippen LogP contribution in [0.25, 0.3) is 0 Å². The topological polar surface area (TPSA) is 21.3 Å². The number of nitrogens with one attached hydrogen (secondary N) is 1. The maximum atomic E-state index is 5.64. The van der Waals surface area contributed by atoms with Gasteiger partial charge in [0.2, 0.25) is 0 Å². The van der Waals surface area contributed by atoms with Gasteiger partial charge in [-0.1, -0.05) is 25.1 Å². The molecular formula is C11H20ClNO.